The van der Waals surface area contributed by atoms with E-state index in [-0.39, 0.29) is 24.0 Å². The van der Waals surface area contributed by atoms with E-state index in [0.29, 0.717) is 31.4 Å². The largest absolute Gasteiger partial charge is 0.344 e. The van der Waals surface area contributed by atoms with Crippen molar-refractivity contribution in [3.63, 3.8) is 0 Å². The zero-order valence-corrected chi connectivity index (χ0v) is 24.9. The lowest BCUT2D eigenvalue weighted by molar-refractivity contribution is -0.236. The number of hydroxylamine groups is 1. The number of benzene rings is 3. The Morgan fingerprint density at radius 1 is 0.833 bits per heavy atom. The zero-order valence-electron chi connectivity index (χ0n) is 23.2. The lowest BCUT2D eigenvalue weighted by Gasteiger charge is -2.36. The topological polar surface area (TPSA) is 110 Å². The van der Waals surface area contributed by atoms with Crippen molar-refractivity contribution in [2.45, 2.75) is 67.8 Å². The highest BCUT2D eigenvalue weighted by Crippen LogP contribution is 2.40. The number of nitrogens with zero attached hydrogens (tertiary/aromatic N) is 1. The molecule has 1 fully saturated rings. The summed E-state index contributed by atoms with van der Waals surface area (Å²) in [6.45, 7) is 0. The number of fused-ring (bicyclic) bond motifs is 1. The Hall–Kier alpha value is -3.28. The Labute approximate surface area is 253 Å². The van der Waals surface area contributed by atoms with Crippen molar-refractivity contribution < 1.29 is 24.3 Å². The predicted octanol–water partition coefficient (Wildman–Crippen LogP) is 7.42. The molecule has 4 aromatic rings. The number of thiazole rings is 1. The van der Waals surface area contributed by atoms with Crippen LogP contribution in [0.15, 0.2) is 83.2 Å². The molecule has 10 heteroatoms. The SMILES string of the molecule is O=C(CCCCCCC(=O)Nc1ccc(C2CC(c3ccccc3)OC(CSc3nc4ccccc4s3)O2)cc1)NO. The number of unbranched alkanes of at least 4 members (excludes halogenated alkanes) is 3. The molecule has 0 spiro atoms. The molecule has 42 heavy (non-hydrogen) atoms. The quantitative estimate of drug-likeness (QED) is 0.0630. The summed E-state index contributed by atoms with van der Waals surface area (Å²) in [4.78, 5) is 28.2. The minimum atomic E-state index is -0.400. The summed E-state index contributed by atoms with van der Waals surface area (Å²) in [6.07, 6.45) is 3.89. The van der Waals surface area contributed by atoms with E-state index in [4.69, 9.17) is 19.7 Å². The van der Waals surface area contributed by atoms with Gasteiger partial charge < -0.3 is 14.8 Å². The standard InChI is InChI=1S/C32H35N3O5S2/c36-29(14-6-1-2-7-15-30(37)35-38)33-24-18-16-23(17-19-24)27-20-26(22-10-4-3-5-11-22)39-31(40-27)21-41-32-34-25-12-8-9-13-28(25)42-32/h3-5,8-13,16-19,26-27,31,38H,1-2,6-7,14-15,20-21H2,(H,33,36)(H,35,37). The molecule has 0 saturated carbocycles. The molecule has 8 nitrogen and oxygen atoms in total. The molecule has 3 N–H and O–H groups in total. The van der Waals surface area contributed by atoms with Crippen LogP contribution in [-0.2, 0) is 19.1 Å². The molecule has 220 valence electrons. The smallest absolute Gasteiger partial charge is 0.243 e. The Morgan fingerprint density at radius 3 is 2.17 bits per heavy atom. The molecule has 1 aliphatic heterocycles. The summed E-state index contributed by atoms with van der Waals surface area (Å²) in [5.41, 5.74) is 5.56. The molecule has 1 aromatic heterocycles. The zero-order chi connectivity index (χ0) is 29.1. The van der Waals surface area contributed by atoms with Gasteiger partial charge in [-0.15, -0.1) is 11.3 Å². The van der Waals surface area contributed by atoms with Crippen LogP contribution in [0.3, 0.4) is 0 Å². The van der Waals surface area contributed by atoms with E-state index in [2.05, 4.69) is 23.5 Å². The van der Waals surface area contributed by atoms with Crippen LogP contribution in [0.5, 0.6) is 0 Å². The van der Waals surface area contributed by atoms with Gasteiger partial charge in [0.1, 0.15) is 0 Å². The van der Waals surface area contributed by atoms with E-state index in [9.17, 15) is 9.59 Å². The third kappa shape index (κ3) is 8.62. The van der Waals surface area contributed by atoms with E-state index in [0.717, 1.165) is 45.9 Å². The highest BCUT2D eigenvalue weighted by Gasteiger charge is 2.32. The molecule has 0 radical (unpaired) electrons. The molecule has 3 atom stereocenters. The van der Waals surface area contributed by atoms with Crippen LogP contribution in [-0.4, -0.2) is 34.0 Å². The summed E-state index contributed by atoms with van der Waals surface area (Å²) < 4.78 is 15.0. The van der Waals surface area contributed by atoms with E-state index in [1.807, 2.05) is 60.7 Å². The number of carbonyl (C=O) groups is 2. The normalized spacial score (nSPS) is 18.5. The number of thioether (sulfide) groups is 1. The molecular formula is C32H35N3O5S2. The van der Waals surface area contributed by atoms with E-state index in [1.165, 1.54) is 4.70 Å². The van der Waals surface area contributed by atoms with Crippen LogP contribution in [0.1, 0.15) is 68.3 Å². The lowest BCUT2D eigenvalue weighted by atomic mass is 9.97. The highest BCUT2D eigenvalue weighted by molar-refractivity contribution is 8.01. The number of hydrogen-bond acceptors (Lipinski definition) is 8. The third-order valence-corrected chi connectivity index (χ3v) is 9.31. The Balaban J connectivity index is 1.16. The Kier molecular flexibility index (Phi) is 11.0. The Morgan fingerprint density at radius 2 is 1.48 bits per heavy atom. The summed E-state index contributed by atoms with van der Waals surface area (Å²) in [6, 6.07) is 26.3. The Bertz CT molecular complexity index is 1410. The number of hydrogen-bond donors (Lipinski definition) is 3. The molecule has 3 aromatic carbocycles. The first kappa shape index (κ1) is 30.2. The molecule has 0 aliphatic carbocycles. The molecule has 2 heterocycles. The summed E-state index contributed by atoms with van der Waals surface area (Å²) >= 11 is 3.33. The molecule has 5 rings (SSSR count). The van der Waals surface area contributed by atoms with Crippen molar-refractivity contribution in [1.82, 2.24) is 10.5 Å². The van der Waals surface area contributed by atoms with Crippen molar-refractivity contribution in [2.24, 2.45) is 0 Å². The molecule has 3 unspecified atom stereocenters. The monoisotopic (exact) mass is 605 g/mol. The highest BCUT2D eigenvalue weighted by atomic mass is 32.2. The molecule has 1 saturated heterocycles. The average Bonchev–Trinajstić information content (AvgIpc) is 3.45. The minimum Gasteiger partial charge on any atom is -0.344 e. The fraction of sp³-hybridized carbons (Fsp3) is 0.344. The van der Waals surface area contributed by atoms with Gasteiger partial charge in [-0.3, -0.25) is 14.8 Å². The second-order valence-corrected chi connectivity index (χ2v) is 12.5. The third-order valence-electron chi connectivity index (χ3n) is 7.10. The van der Waals surface area contributed by atoms with Gasteiger partial charge in [0.25, 0.3) is 0 Å². The molecule has 2 amide bonds. The second-order valence-electron chi connectivity index (χ2n) is 10.2. The van der Waals surface area contributed by atoms with Gasteiger partial charge in [-0.1, -0.05) is 79.2 Å². The van der Waals surface area contributed by atoms with E-state index < -0.39 is 6.29 Å². The second kappa shape index (κ2) is 15.3. The number of amides is 2. The van der Waals surface area contributed by atoms with Gasteiger partial charge in [0.2, 0.25) is 11.8 Å². The number of para-hydroxylation sites is 1. The van der Waals surface area contributed by atoms with Crippen molar-refractivity contribution in [3.8, 4) is 0 Å². The number of ether oxygens (including phenoxy) is 2. The molecule has 1 aliphatic rings. The van der Waals surface area contributed by atoms with Gasteiger partial charge in [0.15, 0.2) is 10.6 Å². The summed E-state index contributed by atoms with van der Waals surface area (Å²) in [7, 11) is 0. The van der Waals surface area contributed by atoms with E-state index in [1.54, 1.807) is 28.6 Å². The van der Waals surface area contributed by atoms with Crippen LogP contribution in [0.2, 0.25) is 0 Å². The number of carbonyl (C=O) groups excluding carboxylic acids is 2. The van der Waals surface area contributed by atoms with Gasteiger partial charge in [0, 0.05) is 24.9 Å². The molecule has 0 bridgehead atoms. The summed E-state index contributed by atoms with van der Waals surface area (Å²) in [5, 5.41) is 11.5. The first-order valence-electron chi connectivity index (χ1n) is 14.2. The maximum absolute atomic E-state index is 12.4. The first-order valence-corrected chi connectivity index (χ1v) is 16.0. The number of anilines is 1. The lowest BCUT2D eigenvalue weighted by Crippen LogP contribution is -2.31. The fourth-order valence-electron chi connectivity index (χ4n) is 4.92. The summed E-state index contributed by atoms with van der Waals surface area (Å²) in [5.74, 6) is 0.216. The average molecular weight is 606 g/mol. The van der Waals surface area contributed by atoms with Crippen LogP contribution >= 0.6 is 23.1 Å². The maximum Gasteiger partial charge on any atom is 0.243 e. The van der Waals surface area contributed by atoms with Gasteiger partial charge in [-0.25, -0.2) is 10.5 Å². The van der Waals surface area contributed by atoms with Gasteiger partial charge in [-0.2, -0.15) is 0 Å². The predicted molar refractivity (Wildman–Crippen MR) is 166 cm³/mol. The molecular weight excluding hydrogens is 571 g/mol. The van der Waals surface area contributed by atoms with Crippen molar-refractivity contribution in [2.75, 3.05) is 11.1 Å². The number of rotatable bonds is 13. The van der Waals surface area contributed by atoms with Crippen LogP contribution in [0.25, 0.3) is 10.2 Å². The van der Waals surface area contributed by atoms with E-state index >= 15 is 0 Å². The van der Waals surface area contributed by atoms with Gasteiger partial charge >= 0.3 is 0 Å². The van der Waals surface area contributed by atoms with Crippen molar-refractivity contribution in [3.05, 3.63) is 90.0 Å². The van der Waals surface area contributed by atoms with Crippen LogP contribution in [0.4, 0.5) is 5.69 Å². The van der Waals surface area contributed by atoms with Gasteiger partial charge in [0.05, 0.1) is 28.2 Å². The van der Waals surface area contributed by atoms with Gasteiger partial charge in [-0.05, 0) is 48.2 Å². The fourth-order valence-corrected chi connectivity index (χ4v) is 6.92. The first-order chi connectivity index (χ1) is 20.6. The number of nitrogens with one attached hydrogen (secondary N) is 2. The minimum absolute atomic E-state index is 0.0331. The van der Waals surface area contributed by atoms with Crippen molar-refractivity contribution >= 4 is 50.8 Å². The van der Waals surface area contributed by atoms with Crippen LogP contribution < -0.4 is 10.8 Å². The van der Waals surface area contributed by atoms with Crippen LogP contribution in [0, 0.1) is 0 Å². The van der Waals surface area contributed by atoms with Crippen molar-refractivity contribution in [1.29, 1.82) is 0 Å². The maximum atomic E-state index is 12.4. The number of aromatic nitrogens is 1.